The standard InChI is InChI=1S/C14H10ClFO2/c1-8-4-9(6-10(15)5-8)12-3-2-11(16)7-13(12)14(17)18/h2-7H,1H3,(H,17,18). The first-order chi connectivity index (χ1) is 8.47. The van der Waals surface area contributed by atoms with Crippen LogP contribution < -0.4 is 0 Å². The molecule has 1 N–H and O–H groups in total. The molecule has 4 heteroatoms. The Morgan fingerprint density at radius 2 is 1.94 bits per heavy atom. The zero-order valence-electron chi connectivity index (χ0n) is 9.58. The summed E-state index contributed by atoms with van der Waals surface area (Å²) in [6.07, 6.45) is 0. The van der Waals surface area contributed by atoms with E-state index < -0.39 is 11.8 Å². The fourth-order valence-electron chi connectivity index (χ4n) is 1.84. The molecule has 0 saturated carbocycles. The van der Waals surface area contributed by atoms with E-state index in [1.165, 1.54) is 12.1 Å². The maximum Gasteiger partial charge on any atom is 0.336 e. The molecule has 0 atom stereocenters. The zero-order chi connectivity index (χ0) is 13.3. The Morgan fingerprint density at radius 3 is 2.56 bits per heavy atom. The van der Waals surface area contributed by atoms with Gasteiger partial charge in [-0.05, 0) is 47.9 Å². The zero-order valence-corrected chi connectivity index (χ0v) is 10.3. The van der Waals surface area contributed by atoms with E-state index in [2.05, 4.69) is 0 Å². The number of carboxylic acid groups (broad SMARTS) is 1. The van der Waals surface area contributed by atoms with Gasteiger partial charge in [0.05, 0.1) is 5.56 Å². The molecule has 0 bridgehead atoms. The first-order valence-corrected chi connectivity index (χ1v) is 5.65. The van der Waals surface area contributed by atoms with Crippen LogP contribution >= 0.6 is 11.6 Å². The van der Waals surface area contributed by atoms with Gasteiger partial charge in [-0.3, -0.25) is 0 Å². The highest BCUT2D eigenvalue weighted by molar-refractivity contribution is 6.31. The highest BCUT2D eigenvalue weighted by Gasteiger charge is 2.13. The SMILES string of the molecule is Cc1cc(Cl)cc(-c2ccc(F)cc2C(=O)O)c1. The molecule has 18 heavy (non-hydrogen) atoms. The molecule has 2 aromatic carbocycles. The molecular formula is C14H10ClFO2. The second-order valence-electron chi connectivity index (χ2n) is 4.01. The Morgan fingerprint density at radius 1 is 1.22 bits per heavy atom. The molecule has 0 aromatic heterocycles. The molecule has 0 aliphatic heterocycles. The second-order valence-corrected chi connectivity index (χ2v) is 4.45. The predicted octanol–water partition coefficient (Wildman–Crippen LogP) is 4.15. The molecule has 92 valence electrons. The lowest BCUT2D eigenvalue weighted by Gasteiger charge is -2.08. The average molecular weight is 265 g/mol. The first-order valence-electron chi connectivity index (χ1n) is 5.28. The number of aryl methyl sites for hydroxylation is 1. The Kier molecular flexibility index (Phi) is 3.34. The van der Waals surface area contributed by atoms with Gasteiger partial charge in [0.15, 0.2) is 0 Å². The van der Waals surface area contributed by atoms with Crippen molar-refractivity contribution in [1.29, 1.82) is 0 Å². The van der Waals surface area contributed by atoms with Crippen LogP contribution in [-0.4, -0.2) is 11.1 Å². The summed E-state index contributed by atoms with van der Waals surface area (Å²) in [5, 5.41) is 9.61. The van der Waals surface area contributed by atoms with Gasteiger partial charge in [-0.2, -0.15) is 0 Å². The monoisotopic (exact) mass is 264 g/mol. The molecule has 0 fully saturated rings. The van der Waals surface area contributed by atoms with Crippen LogP contribution in [0.5, 0.6) is 0 Å². The molecule has 2 nitrogen and oxygen atoms in total. The number of aromatic carboxylic acids is 1. The normalized spacial score (nSPS) is 10.4. The van der Waals surface area contributed by atoms with Crippen molar-refractivity contribution in [1.82, 2.24) is 0 Å². The van der Waals surface area contributed by atoms with Gasteiger partial charge in [0, 0.05) is 5.02 Å². The number of carbonyl (C=O) groups is 1. The molecular weight excluding hydrogens is 255 g/mol. The minimum atomic E-state index is -1.16. The van der Waals surface area contributed by atoms with Crippen LogP contribution in [0, 0.1) is 12.7 Å². The minimum absolute atomic E-state index is 0.0725. The summed E-state index contributed by atoms with van der Waals surface area (Å²) in [6.45, 7) is 1.86. The molecule has 0 aliphatic carbocycles. The minimum Gasteiger partial charge on any atom is -0.478 e. The maximum absolute atomic E-state index is 13.1. The number of halogens is 2. The van der Waals surface area contributed by atoms with E-state index in [0.717, 1.165) is 11.6 Å². The molecule has 0 unspecified atom stereocenters. The largest absolute Gasteiger partial charge is 0.478 e. The van der Waals surface area contributed by atoms with Crippen LogP contribution in [0.2, 0.25) is 5.02 Å². The molecule has 0 saturated heterocycles. The van der Waals surface area contributed by atoms with E-state index in [4.69, 9.17) is 16.7 Å². The van der Waals surface area contributed by atoms with E-state index in [0.29, 0.717) is 16.1 Å². The van der Waals surface area contributed by atoms with Crippen LogP contribution in [0.25, 0.3) is 11.1 Å². The molecule has 0 amide bonds. The molecule has 0 heterocycles. The summed E-state index contributed by atoms with van der Waals surface area (Å²) in [5.74, 6) is -1.74. The lowest BCUT2D eigenvalue weighted by molar-refractivity contribution is 0.0697. The van der Waals surface area contributed by atoms with Gasteiger partial charge in [0.1, 0.15) is 5.82 Å². The molecule has 0 spiro atoms. The number of hydrogen-bond donors (Lipinski definition) is 1. The van der Waals surface area contributed by atoms with Crippen LogP contribution in [0.3, 0.4) is 0 Å². The van der Waals surface area contributed by atoms with Crippen molar-refractivity contribution >= 4 is 17.6 Å². The smallest absolute Gasteiger partial charge is 0.336 e. The summed E-state index contributed by atoms with van der Waals surface area (Å²) >= 11 is 5.94. The van der Waals surface area contributed by atoms with Gasteiger partial charge >= 0.3 is 5.97 Å². The highest BCUT2D eigenvalue weighted by atomic mass is 35.5. The van der Waals surface area contributed by atoms with Crippen molar-refractivity contribution in [2.45, 2.75) is 6.92 Å². The van der Waals surface area contributed by atoms with Gasteiger partial charge in [-0.25, -0.2) is 9.18 Å². The van der Waals surface area contributed by atoms with Gasteiger partial charge < -0.3 is 5.11 Å². The van der Waals surface area contributed by atoms with Crippen LogP contribution in [0.1, 0.15) is 15.9 Å². The Balaban J connectivity index is 2.66. The predicted molar refractivity (Wildman–Crippen MR) is 68.5 cm³/mol. The topological polar surface area (TPSA) is 37.3 Å². The van der Waals surface area contributed by atoms with Gasteiger partial charge in [0.2, 0.25) is 0 Å². The third-order valence-electron chi connectivity index (χ3n) is 2.57. The summed E-state index contributed by atoms with van der Waals surface area (Å²) < 4.78 is 13.1. The number of carboxylic acids is 1. The van der Waals surface area contributed by atoms with Crippen molar-refractivity contribution in [2.75, 3.05) is 0 Å². The maximum atomic E-state index is 13.1. The highest BCUT2D eigenvalue weighted by Crippen LogP contribution is 2.28. The van der Waals surface area contributed by atoms with Crippen LogP contribution in [0.4, 0.5) is 4.39 Å². The Labute approximate surface area is 109 Å². The quantitative estimate of drug-likeness (QED) is 0.885. The fraction of sp³-hybridized carbons (Fsp3) is 0.0714. The molecule has 2 aromatic rings. The third-order valence-corrected chi connectivity index (χ3v) is 2.78. The molecule has 0 aliphatic rings. The van der Waals surface area contributed by atoms with Crippen molar-refractivity contribution in [3.05, 3.63) is 58.4 Å². The summed E-state index contributed by atoms with van der Waals surface area (Å²) in [5.41, 5.74) is 1.96. The fourth-order valence-corrected chi connectivity index (χ4v) is 2.13. The van der Waals surface area contributed by atoms with Gasteiger partial charge in [-0.15, -0.1) is 0 Å². The van der Waals surface area contributed by atoms with Crippen molar-refractivity contribution in [3.8, 4) is 11.1 Å². The Hall–Kier alpha value is -1.87. The number of benzene rings is 2. The van der Waals surface area contributed by atoms with Gasteiger partial charge in [0.25, 0.3) is 0 Å². The van der Waals surface area contributed by atoms with E-state index in [-0.39, 0.29) is 5.56 Å². The van der Waals surface area contributed by atoms with E-state index in [9.17, 15) is 9.18 Å². The van der Waals surface area contributed by atoms with E-state index >= 15 is 0 Å². The summed E-state index contributed by atoms with van der Waals surface area (Å²) in [6, 6.07) is 8.94. The third kappa shape index (κ3) is 2.51. The molecule has 0 radical (unpaired) electrons. The van der Waals surface area contributed by atoms with Crippen molar-refractivity contribution < 1.29 is 14.3 Å². The van der Waals surface area contributed by atoms with Crippen LogP contribution in [-0.2, 0) is 0 Å². The van der Waals surface area contributed by atoms with Crippen LogP contribution in [0.15, 0.2) is 36.4 Å². The number of hydrogen-bond acceptors (Lipinski definition) is 1. The lowest BCUT2D eigenvalue weighted by Crippen LogP contribution is -2.00. The number of rotatable bonds is 2. The van der Waals surface area contributed by atoms with E-state index in [1.807, 2.05) is 13.0 Å². The van der Waals surface area contributed by atoms with Crippen molar-refractivity contribution in [3.63, 3.8) is 0 Å². The second kappa shape index (κ2) is 4.78. The molecule has 2 rings (SSSR count). The average Bonchev–Trinajstić information content (AvgIpc) is 2.27. The Bertz CT molecular complexity index is 603. The van der Waals surface area contributed by atoms with Gasteiger partial charge in [-0.1, -0.05) is 23.7 Å². The van der Waals surface area contributed by atoms with E-state index in [1.54, 1.807) is 12.1 Å². The first kappa shape index (κ1) is 12.6. The summed E-state index contributed by atoms with van der Waals surface area (Å²) in [4.78, 5) is 11.1. The summed E-state index contributed by atoms with van der Waals surface area (Å²) in [7, 11) is 0. The lowest BCUT2D eigenvalue weighted by atomic mass is 9.98. The van der Waals surface area contributed by atoms with Crippen molar-refractivity contribution in [2.24, 2.45) is 0 Å².